The molecule has 4 rings (SSSR count). The first-order chi connectivity index (χ1) is 10.8. The molecule has 22 heavy (non-hydrogen) atoms. The fraction of sp³-hybridized carbons (Fsp3) is 0.125. The molecule has 0 amide bonds. The molecule has 0 fully saturated rings. The molecule has 0 saturated carbocycles. The van der Waals surface area contributed by atoms with E-state index in [1.54, 1.807) is 0 Å². The van der Waals surface area contributed by atoms with Crippen LogP contribution in [0.3, 0.4) is 0 Å². The molecule has 2 aromatic carbocycles. The van der Waals surface area contributed by atoms with Gasteiger partial charge in [-0.1, -0.05) is 12.1 Å². The molecule has 0 unspecified atom stereocenters. The highest BCUT2D eigenvalue weighted by atomic mass is 16.3. The van der Waals surface area contributed by atoms with Gasteiger partial charge in [-0.3, -0.25) is 0 Å². The van der Waals surface area contributed by atoms with E-state index in [1.807, 2.05) is 36.4 Å². The van der Waals surface area contributed by atoms with Crippen molar-refractivity contribution in [3.05, 3.63) is 48.0 Å². The Labute approximate surface area is 125 Å². The van der Waals surface area contributed by atoms with E-state index in [0.717, 1.165) is 33.2 Å². The third kappa shape index (κ3) is 2.05. The molecule has 0 aliphatic heterocycles. The lowest BCUT2D eigenvalue weighted by Crippen LogP contribution is -1.83. The van der Waals surface area contributed by atoms with Gasteiger partial charge >= 0.3 is 0 Å². The van der Waals surface area contributed by atoms with E-state index in [1.165, 1.54) is 0 Å². The Morgan fingerprint density at radius 2 is 1.18 bits per heavy atom. The maximum atomic E-state index is 9.14. The predicted molar refractivity (Wildman–Crippen MR) is 83.0 cm³/mol. The Hall–Kier alpha value is -2.70. The van der Waals surface area contributed by atoms with Gasteiger partial charge in [-0.05, 0) is 35.4 Å². The van der Waals surface area contributed by atoms with Crippen LogP contribution in [0.4, 0.5) is 0 Å². The Morgan fingerprint density at radius 1 is 0.727 bits per heavy atom. The third-order valence-electron chi connectivity index (χ3n) is 3.69. The van der Waals surface area contributed by atoms with E-state index in [2.05, 4.69) is 19.9 Å². The van der Waals surface area contributed by atoms with Gasteiger partial charge in [0.15, 0.2) is 0 Å². The van der Waals surface area contributed by atoms with Crippen molar-refractivity contribution >= 4 is 22.1 Å². The van der Waals surface area contributed by atoms with Crippen LogP contribution >= 0.6 is 0 Å². The summed E-state index contributed by atoms with van der Waals surface area (Å²) in [7, 11) is 0. The highest BCUT2D eigenvalue weighted by Crippen LogP contribution is 2.26. The third-order valence-corrected chi connectivity index (χ3v) is 3.69. The first-order valence-corrected chi connectivity index (χ1v) is 6.96. The first kappa shape index (κ1) is 13.0. The second-order valence-corrected chi connectivity index (χ2v) is 5.15. The molecular weight excluding hydrogens is 280 g/mol. The van der Waals surface area contributed by atoms with E-state index in [-0.39, 0.29) is 13.2 Å². The Bertz CT molecular complexity index is 891. The minimum atomic E-state index is -0.103. The number of nitrogens with zero attached hydrogens (tertiary/aromatic N) is 2. The lowest BCUT2D eigenvalue weighted by atomic mass is 10.0. The highest BCUT2D eigenvalue weighted by molar-refractivity contribution is 5.86. The first-order valence-electron chi connectivity index (χ1n) is 6.96. The van der Waals surface area contributed by atoms with E-state index >= 15 is 0 Å². The van der Waals surface area contributed by atoms with Crippen LogP contribution < -0.4 is 0 Å². The maximum Gasteiger partial charge on any atom is 0.133 e. The minimum absolute atomic E-state index is 0.103. The van der Waals surface area contributed by atoms with Gasteiger partial charge in [-0.25, -0.2) is 9.97 Å². The number of imidazole rings is 2. The molecule has 0 bridgehead atoms. The number of fused-ring (bicyclic) bond motifs is 2. The van der Waals surface area contributed by atoms with Crippen molar-refractivity contribution in [3.8, 4) is 11.1 Å². The van der Waals surface area contributed by atoms with E-state index in [4.69, 9.17) is 10.2 Å². The summed E-state index contributed by atoms with van der Waals surface area (Å²) in [5, 5.41) is 18.3. The van der Waals surface area contributed by atoms with Crippen molar-refractivity contribution in [3.63, 3.8) is 0 Å². The molecule has 0 spiro atoms. The maximum absolute atomic E-state index is 9.14. The molecule has 0 radical (unpaired) electrons. The molecule has 110 valence electrons. The molecule has 6 heteroatoms. The summed E-state index contributed by atoms with van der Waals surface area (Å²) in [6.45, 7) is -0.206. The van der Waals surface area contributed by atoms with Crippen LogP contribution in [0.2, 0.25) is 0 Å². The lowest BCUT2D eigenvalue weighted by molar-refractivity contribution is 0.273. The fourth-order valence-corrected chi connectivity index (χ4v) is 2.63. The van der Waals surface area contributed by atoms with Crippen LogP contribution in [-0.2, 0) is 13.2 Å². The van der Waals surface area contributed by atoms with Gasteiger partial charge in [0.25, 0.3) is 0 Å². The quantitative estimate of drug-likeness (QED) is 0.465. The number of hydrogen-bond acceptors (Lipinski definition) is 4. The number of aliphatic hydroxyl groups excluding tert-OH is 2. The standard InChI is InChI=1S/C16H14N4O2/c21-7-15-17-11-3-1-9(5-13(11)19-15)10-2-4-12-14(6-10)20-16(8-22)18-12/h1-6,21-22H,7-8H2,(H,17,19)(H,18,20). The zero-order chi connectivity index (χ0) is 15.1. The average molecular weight is 294 g/mol. The summed E-state index contributed by atoms with van der Waals surface area (Å²) in [6.07, 6.45) is 0. The molecule has 4 N–H and O–H groups in total. The summed E-state index contributed by atoms with van der Waals surface area (Å²) in [5.41, 5.74) is 5.53. The highest BCUT2D eigenvalue weighted by Gasteiger charge is 2.07. The van der Waals surface area contributed by atoms with Crippen molar-refractivity contribution in [2.45, 2.75) is 13.2 Å². The number of nitrogens with one attached hydrogen (secondary N) is 2. The Kier molecular flexibility index (Phi) is 2.92. The van der Waals surface area contributed by atoms with Gasteiger partial charge in [0.05, 0.1) is 22.1 Å². The van der Waals surface area contributed by atoms with Gasteiger partial charge < -0.3 is 20.2 Å². The molecule has 2 aromatic heterocycles. The molecule has 2 heterocycles. The lowest BCUT2D eigenvalue weighted by Gasteiger charge is -2.01. The van der Waals surface area contributed by atoms with E-state index in [9.17, 15) is 0 Å². The van der Waals surface area contributed by atoms with Crippen molar-refractivity contribution in [1.29, 1.82) is 0 Å². The summed E-state index contributed by atoms with van der Waals surface area (Å²) in [5.74, 6) is 1.12. The molecule has 0 atom stereocenters. The summed E-state index contributed by atoms with van der Waals surface area (Å²) in [6, 6.07) is 11.9. The van der Waals surface area contributed by atoms with Crippen molar-refractivity contribution in [2.75, 3.05) is 0 Å². The smallest absolute Gasteiger partial charge is 0.133 e. The number of benzene rings is 2. The monoisotopic (exact) mass is 294 g/mol. The minimum Gasteiger partial charge on any atom is -0.388 e. The van der Waals surface area contributed by atoms with Gasteiger partial charge in [0.1, 0.15) is 24.9 Å². The molecule has 4 aromatic rings. The second-order valence-electron chi connectivity index (χ2n) is 5.15. The fourth-order valence-electron chi connectivity index (χ4n) is 2.63. The van der Waals surface area contributed by atoms with E-state index < -0.39 is 0 Å². The topological polar surface area (TPSA) is 97.8 Å². The SMILES string of the molecule is OCc1nc2ccc(-c3ccc4nc(CO)[nH]c4c3)cc2[nH]1. The molecule has 0 aliphatic rings. The molecule has 0 saturated heterocycles. The average Bonchev–Trinajstić information content (AvgIpc) is 3.16. The summed E-state index contributed by atoms with van der Waals surface area (Å²) >= 11 is 0. The number of H-pyrrole nitrogens is 2. The zero-order valence-electron chi connectivity index (χ0n) is 11.7. The largest absolute Gasteiger partial charge is 0.388 e. The van der Waals surface area contributed by atoms with Crippen molar-refractivity contribution < 1.29 is 10.2 Å². The van der Waals surface area contributed by atoms with Crippen LogP contribution in [0, 0.1) is 0 Å². The van der Waals surface area contributed by atoms with Crippen LogP contribution in [0.15, 0.2) is 36.4 Å². The normalized spacial score (nSPS) is 11.5. The van der Waals surface area contributed by atoms with Crippen molar-refractivity contribution in [1.82, 2.24) is 19.9 Å². The predicted octanol–water partition coefficient (Wildman–Crippen LogP) is 2.09. The van der Waals surface area contributed by atoms with Crippen LogP contribution in [0.1, 0.15) is 11.6 Å². The number of aliphatic hydroxyl groups is 2. The molecular formula is C16H14N4O2. The van der Waals surface area contributed by atoms with Crippen molar-refractivity contribution in [2.24, 2.45) is 0 Å². The number of hydrogen-bond donors (Lipinski definition) is 4. The van der Waals surface area contributed by atoms with Gasteiger partial charge in [-0.2, -0.15) is 0 Å². The second kappa shape index (κ2) is 4.94. The van der Waals surface area contributed by atoms with Gasteiger partial charge in [0, 0.05) is 0 Å². The summed E-state index contributed by atoms with van der Waals surface area (Å²) in [4.78, 5) is 14.7. The van der Waals surface area contributed by atoms with E-state index in [0.29, 0.717) is 11.6 Å². The molecule has 6 nitrogen and oxygen atoms in total. The Morgan fingerprint density at radius 3 is 1.59 bits per heavy atom. The van der Waals surface area contributed by atoms with Gasteiger partial charge in [0.2, 0.25) is 0 Å². The Balaban J connectivity index is 1.82. The zero-order valence-corrected chi connectivity index (χ0v) is 11.7. The van der Waals surface area contributed by atoms with Gasteiger partial charge in [-0.15, -0.1) is 0 Å². The number of rotatable bonds is 3. The number of aromatic nitrogens is 4. The van der Waals surface area contributed by atoms with Crippen LogP contribution in [-0.4, -0.2) is 30.1 Å². The molecule has 0 aliphatic carbocycles. The number of aromatic amines is 2. The summed E-state index contributed by atoms with van der Waals surface area (Å²) < 4.78 is 0. The van der Waals surface area contributed by atoms with Crippen LogP contribution in [0.25, 0.3) is 33.2 Å². The van der Waals surface area contributed by atoms with Crippen LogP contribution in [0.5, 0.6) is 0 Å².